The first-order chi connectivity index (χ1) is 8.26. The van der Waals surface area contributed by atoms with Crippen LogP contribution in [0.15, 0.2) is 0 Å². The molecular formula is C13H26ClNO2. The van der Waals surface area contributed by atoms with Crippen LogP contribution < -0.4 is 0 Å². The van der Waals surface area contributed by atoms with Gasteiger partial charge in [-0.3, -0.25) is 4.79 Å². The van der Waals surface area contributed by atoms with Gasteiger partial charge < -0.3 is 10.0 Å². The minimum atomic E-state index is 0.115. The Morgan fingerprint density at radius 1 is 1.12 bits per heavy atom. The monoisotopic (exact) mass is 263 g/mol. The number of unbranched alkanes of at least 4 members (excludes halogenated alkanes) is 4. The summed E-state index contributed by atoms with van der Waals surface area (Å²) in [6.45, 7) is 3.79. The Morgan fingerprint density at radius 3 is 2.35 bits per heavy atom. The highest BCUT2D eigenvalue weighted by molar-refractivity contribution is 6.18. The number of amides is 1. The lowest BCUT2D eigenvalue weighted by Gasteiger charge is -2.22. The molecule has 0 aliphatic rings. The second-order valence-electron chi connectivity index (χ2n) is 4.31. The highest BCUT2D eigenvalue weighted by Crippen LogP contribution is 2.06. The maximum absolute atomic E-state index is 11.7. The van der Waals surface area contributed by atoms with E-state index in [0.717, 1.165) is 13.0 Å². The summed E-state index contributed by atoms with van der Waals surface area (Å²) in [7, 11) is 0. The molecule has 0 saturated carbocycles. The summed E-state index contributed by atoms with van der Waals surface area (Å²) in [4.78, 5) is 13.6. The highest BCUT2D eigenvalue weighted by Gasteiger charge is 2.11. The molecule has 102 valence electrons. The quantitative estimate of drug-likeness (QED) is 0.460. The van der Waals surface area contributed by atoms with E-state index in [2.05, 4.69) is 6.92 Å². The molecule has 1 N–H and O–H groups in total. The van der Waals surface area contributed by atoms with Gasteiger partial charge in [0.1, 0.15) is 0 Å². The molecule has 17 heavy (non-hydrogen) atoms. The van der Waals surface area contributed by atoms with E-state index in [0.29, 0.717) is 25.3 Å². The molecule has 0 aliphatic carbocycles. The van der Waals surface area contributed by atoms with E-state index in [1.165, 1.54) is 25.7 Å². The van der Waals surface area contributed by atoms with Gasteiger partial charge in [0.05, 0.1) is 0 Å². The fourth-order valence-corrected chi connectivity index (χ4v) is 1.93. The number of hydrogen-bond donors (Lipinski definition) is 1. The highest BCUT2D eigenvalue weighted by atomic mass is 35.5. The van der Waals surface area contributed by atoms with Crippen molar-refractivity contribution < 1.29 is 9.90 Å². The molecule has 3 nitrogen and oxygen atoms in total. The van der Waals surface area contributed by atoms with E-state index in [1.807, 2.05) is 4.90 Å². The molecule has 0 aromatic heterocycles. The van der Waals surface area contributed by atoms with Gasteiger partial charge in [-0.2, -0.15) is 0 Å². The van der Waals surface area contributed by atoms with Crippen LogP contribution in [0.2, 0.25) is 0 Å². The van der Waals surface area contributed by atoms with Gasteiger partial charge in [0, 0.05) is 32.0 Å². The van der Waals surface area contributed by atoms with E-state index >= 15 is 0 Å². The van der Waals surface area contributed by atoms with Crippen molar-refractivity contribution in [2.45, 2.75) is 51.9 Å². The van der Waals surface area contributed by atoms with Crippen molar-refractivity contribution in [1.29, 1.82) is 0 Å². The van der Waals surface area contributed by atoms with Crippen LogP contribution in [0.25, 0.3) is 0 Å². The van der Waals surface area contributed by atoms with Gasteiger partial charge in [0.2, 0.25) is 5.91 Å². The minimum absolute atomic E-state index is 0.115. The van der Waals surface area contributed by atoms with Crippen molar-refractivity contribution >= 4 is 17.5 Å². The van der Waals surface area contributed by atoms with Crippen molar-refractivity contribution in [3.8, 4) is 0 Å². The van der Waals surface area contributed by atoms with Crippen molar-refractivity contribution in [1.82, 2.24) is 4.90 Å². The first-order valence-corrected chi connectivity index (χ1v) is 7.24. The standard InChI is InChI=1S/C13H26ClNO2/c1-2-3-4-5-6-10-15(11-7-12-16)13(17)8-9-14/h16H,2-12H2,1H3. The number of rotatable bonds is 11. The van der Waals surface area contributed by atoms with Gasteiger partial charge in [0.25, 0.3) is 0 Å². The third-order valence-corrected chi connectivity index (χ3v) is 2.97. The Labute approximate surface area is 110 Å². The minimum Gasteiger partial charge on any atom is -0.396 e. The zero-order valence-electron chi connectivity index (χ0n) is 11.0. The molecule has 0 aliphatic heterocycles. The third kappa shape index (κ3) is 9.42. The maximum Gasteiger partial charge on any atom is 0.223 e. The fourth-order valence-electron chi connectivity index (χ4n) is 1.77. The van der Waals surface area contributed by atoms with Gasteiger partial charge in [-0.1, -0.05) is 32.6 Å². The Bertz CT molecular complexity index is 188. The number of nitrogens with zero attached hydrogens (tertiary/aromatic N) is 1. The SMILES string of the molecule is CCCCCCCN(CCCO)C(=O)CCCl. The molecule has 0 atom stereocenters. The Balaban J connectivity index is 3.80. The number of carbonyl (C=O) groups excluding carboxylic acids is 1. The molecule has 0 aromatic carbocycles. The molecule has 0 rings (SSSR count). The van der Waals surface area contributed by atoms with Crippen LogP contribution in [0.3, 0.4) is 0 Å². The lowest BCUT2D eigenvalue weighted by atomic mass is 10.1. The zero-order chi connectivity index (χ0) is 12.9. The Kier molecular flexibility index (Phi) is 12.0. The smallest absolute Gasteiger partial charge is 0.223 e. The van der Waals surface area contributed by atoms with Gasteiger partial charge in [-0.05, 0) is 12.8 Å². The Morgan fingerprint density at radius 2 is 1.76 bits per heavy atom. The average molecular weight is 264 g/mol. The number of aliphatic hydroxyl groups is 1. The number of alkyl halides is 1. The molecule has 0 saturated heterocycles. The van der Waals surface area contributed by atoms with E-state index in [4.69, 9.17) is 16.7 Å². The van der Waals surface area contributed by atoms with Crippen molar-refractivity contribution in [3.05, 3.63) is 0 Å². The van der Waals surface area contributed by atoms with E-state index < -0.39 is 0 Å². The third-order valence-electron chi connectivity index (χ3n) is 2.78. The molecule has 0 unspecified atom stereocenters. The summed E-state index contributed by atoms with van der Waals surface area (Å²) in [5.74, 6) is 0.494. The Hall–Kier alpha value is -0.280. The summed E-state index contributed by atoms with van der Waals surface area (Å²) < 4.78 is 0. The molecule has 4 heteroatoms. The number of halogens is 1. The molecule has 0 radical (unpaired) electrons. The van der Waals surface area contributed by atoms with Crippen LogP contribution in [-0.2, 0) is 4.79 Å². The summed E-state index contributed by atoms with van der Waals surface area (Å²) in [5.41, 5.74) is 0. The summed E-state index contributed by atoms with van der Waals surface area (Å²) in [5, 5.41) is 8.80. The number of aliphatic hydroxyl groups excluding tert-OH is 1. The largest absolute Gasteiger partial charge is 0.396 e. The predicted molar refractivity (Wildman–Crippen MR) is 72.4 cm³/mol. The normalized spacial score (nSPS) is 10.5. The van der Waals surface area contributed by atoms with Crippen LogP contribution in [0.4, 0.5) is 0 Å². The molecule has 0 bridgehead atoms. The maximum atomic E-state index is 11.7. The number of hydrogen-bond acceptors (Lipinski definition) is 2. The summed E-state index contributed by atoms with van der Waals surface area (Å²) in [6, 6.07) is 0. The molecule has 0 spiro atoms. The van der Waals surface area contributed by atoms with Crippen LogP contribution >= 0.6 is 11.6 Å². The second-order valence-corrected chi connectivity index (χ2v) is 4.69. The average Bonchev–Trinajstić information content (AvgIpc) is 2.33. The van der Waals surface area contributed by atoms with Crippen LogP contribution in [0.5, 0.6) is 0 Å². The van der Waals surface area contributed by atoms with E-state index in [1.54, 1.807) is 0 Å². The lowest BCUT2D eigenvalue weighted by Crippen LogP contribution is -2.33. The summed E-state index contributed by atoms with van der Waals surface area (Å²) in [6.07, 6.45) is 7.04. The second kappa shape index (κ2) is 12.2. The molecular weight excluding hydrogens is 238 g/mol. The first-order valence-electron chi connectivity index (χ1n) is 6.70. The van der Waals surface area contributed by atoms with Crippen molar-refractivity contribution in [2.75, 3.05) is 25.6 Å². The van der Waals surface area contributed by atoms with E-state index in [-0.39, 0.29) is 12.5 Å². The van der Waals surface area contributed by atoms with E-state index in [9.17, 15) is 4.79 Å². The van der Waals surface area contributed by atoms with Crippen LogP contribution in [0, 0.1) is 0 Å². The summed E-state index contributed by atoms with van der Waals surface area (Å²) >= 11 is 5.58. The van der Waals surface area contributed by atoms with Crippen LogP contribution in [-0.4, -0.2) is 41.5 Å². The van der Waals surface area contributed by atoms with Gasteiger partial charge in [-0.15, -0.1) is 11.6 Å². The number of carbonyl (C=O) groups is 1. The first kappa shape index (κ1) is 16.7. The van der Waals surface area contributed by atoms with Crippen LogP contribution in [0.1, 0.15) is 51.9 Å². The lowest BCUT2D eigenvalue weighted by molar-refractivity contribution is -0.131. The molecule has 0 heterocycles. The van der Waals surface area contributed by atoms with Gasteiger partial charge in [0.15, 0.2) is 0 Å². The van der Waals surface area contributed by atoms with Crippen molar-refractivity contribution in [2.24, 2.45) is 0 Å². The molecule has 0 aromatic rings. The zero-order valence-corrected chi connectivity index (χ0v) is 11.7. The molecule has 0 fully saturated rings. The van der Waals surface area contributed by atoms with Gasteiger partial charge >= 0.3 is 0 Å². The fraction of sp³-hybridized carbons (Fsp3) is 0.923. The van der Waals surface area contributed by atoms with Gasteiger partial charge in [-0.25, -0.2) is 0 Å². The topological polar surface area (TPSA) is 40.5 Å². The predicted octanol–water partition coefficient (Wildman–Crippen LogP) is 2.80. The molecule has 1 amide bonds. The van der Waals surface area contributed by atoms with Crippen molar-refractivity contribution in [3.63, 3.8) is 0 Å².